The van der Waals surface area contributed by atoms with E-state index in [2.05, 4.69) is 0 Å². The van der Waals surface area contributed by atoms with Gasteiger partial charge in [0.15, 0.2) is 0 Å². The monoisotopic (exact) mass is 181 g/mol. The van der Waals surface area contributed by atoms with Crippen molar-refractivity contribution in [3.63, 3.8) is 0 Å². The lowest BCUT2D eigenvalue weighted by atomic mass is 9.98. The molecule has 1 aromatic rings. The fourth-order valence-electron chi connectivity index (χ4n) is 1.63. The quantitative estimate of drug-likeness (QED) is 0.717. The number of halogens is 1. The van der Waals surface area contributed by atoms with Crippen molar-refractivity contribution < 1.29 is 9.13 Å². The van der Waals surface area contributed by atoms with Crippen LogP contribution >= 0.6 is 0 Å². The third-order valence-electron chi connectivity index (χ3n) is 2.30. The van der Waals surface area contributed by atoms with Crippen molar-refractivity contribution in [3.8, 4) is 5.75 Å². The third kappa shape index (κ3) is 1.52. The molecule has 0 amide bonds. The summed E-state index contributed by atoms with van der Waals surface area (Å²) in [5.41, 5.74) is 6.84. The van der Waals surface area contributed by atoms with Gasteiger partial charge in [-0.15, -0.1) is 0 Å². The van der Waals surface area contributed by atoms with Crippen LogP contribution in [0.25, 0.3) is 0 Å². The number of hydrogen-bond donors (Lipinski definition) is 1. The summed E-state index contributed by atoms with van der Waals surface area (Å²) in [6.45, 7) is -0.470. The van der Waals surface area contributed by atoms with Crippen LogP contribution in [0.4, 0.5) is 4.39 Å². The standard InChI is InChI=1S/C10H12FNO/c11-6-7-5-9(12)8-3-1-2-4-10(8)13-7/h1-4,7,9H,5-6,12H2. The van der Waals surface area contributed by atoms with Crippen molar-refractivity contribution in [3.05, 3.63) is 29.8 Å². The molecule has 3 heteroatoms. The topological polar surface area (TPSA) is 35.2 Å². The Hall–Kier alpha value is -1.09. The molecule has 1 aliphatic heterocycles. The number of para-hydroxylation sites is 1. The molecular weight excluding hydrogens is 169 g/mol. The Morgan fingerprint density at radius 3 is 3.00 bits per heavy atom. The molecule has 2 unspecified atom stereocenters. The first-order chi connectivity index (χ1) is 6.31. The lowest BCUT2D eigenvalue weighted by Crippen LogP contribution is -2.30. The maximum atomic E-state index is 12.4. The summed E-state index contributed by atoms with van der Waals surface area (Å²) in [4.78, 5) is 0. The van der Waals surface area contributed by atoms with E-state index < -0.39 is 6.67 Å². The number of fused-ring (bicyclic) bond motifs is 1. The van der Waals surface area contributed by atoms with Gasteiger partial charge in [-0.25, -0.2) is 4.39 Å². The van der Waals surface area contributed by atoms with Gasteiger partial charge in [-0.2, -0.15) is 0 Å². The number of hydrogen-bond acceptors (Lipinski definition) is 2. The minimum absolute atomic E-state index is 0.0919. The molecule has 2 atom stereocenters. The van der Waals surface area contributed by atoms with Crippen LogP contribution in [0.5, 0.6) is 5.75 Å². The van der Waals surface area contributed by atoms with Gasteiger partial charge in [0.2, 0.25) is 0 Å². The first kappa shape index (κ1) is 8.51. The Balaban J connectivity index is 2.31. The van der Waals surface area contributed by atoms with E-state index in [4.69, 9.17) is 10.5 Å². The summed E-state index contributed by atoms with van der Waals surface area (Å²) >= 11 is 0. The van der Waals surface area contributed by atoms with Crippen LogP contribution in [0.15, 0.2) is 24.3 Å². The molecule has 2 nitrogen and oxygen atoms in total. The molecular formula is C10H12FNO. The molecule has 0 spiro atoms. The molecule has 1 heterocycles. The molecule has 0 saturated heterocycles. The number of rotatable bonds is 1. The molecule has 70 valence electrons. The Morgan fingerprint density at radius 1 is 1.46 bits per heavy atom. The highest BCUT2D eigenvalue weighted by Crippen LogP contribution is 2.32. The van der Waals surface area contributed by atoms with Gasteiger partial charge in [0.25, 0.3) is 0 Å². The van der Waals surface area contributed by atoms with Gasteiger partial charge in [0, 0.05) is 18.0 Å². The largest absolute Gasteiger partial charge is 0.487 e. The molecule has 0 fully saturated rings. The molecule has 2 N–H and O–H groups in total. The van der Waals surface area contributed by atoms with Crippen molar-refractivity contribution in [1.82, 2.24) is 0 Å². The molecule has 0 aliphatic carbocycles. The Morgan fingerprint density at radius 2 is 2.23 bits per heavy atom. The van der Waals surface area contributed by atoms with E-state index in [0.717, 1.165) is 11.3 Å². The summed E-state index contributed by atoms with van der Waals surface area (Å²) in [6.07, 6.45) is 0.193. The summed E-state index contributed by atoms with van der Waals surface area (Å²) in [5.74, 6) is 0.726. The predicted octanol–water partition coefficient (Wildman–Crippen LogP) is 1.81. The smallest absolute Gasteiger partial charge is 0.129 e. The van der Waals surface area contributed by atoms with Crippen molar-refractivity contribution in [2.45, 2.75) is 18.6 Å². The zero-order valence-electron chi connectivity index (χ0n) is 7.24. The van der Waals surface area contributed by atoms with Gasteiger partial charge < -0.3 is 10.5 Å². The van der Waals surface area contributed by atoms with Crippen LogP contribution in [0, 0.1) is 0 Å². The summed E-state index contributed by atoms with van der Waals surface area (Å²) in [6, 6.07) is 7.45. The van der Waals surface area contributed by atoms with Gasteiger partial charge in [-0.05, 0) is 6.07 Å². The molecule has 2 rings (SSSR count). The van der Waals surface area contributed by atoms with Gasteiger partial charge in [-0.3, -0.25) is 0 Å². The number of ether oxygens (including phenoxy) is 1. The summed E-state index contributed by atoms with van der Waals surface area (Å²) in [5, 5.41) is 0. The molecule has 0 bridgehead atoms. The third-order valence-corrected chi connectivity index (χ3v) is 2.30. The first-order valence-electron chi connectivity index (χ1n) is 4.38. The Bertz CT molecular complexity index is 303. The fourth-order valence-corrected chi connectivity index (χ4v) is 1.63. The fraction of sp³-hybridized carbons (Fsp3) is 0.400. The zero-order valence-corrected chi connectivity index (χ0v) is 7.24. The maximum Gasteiger partial charge on any atom is 0.129 e. The van der Waals surface area contributed by atoms with Crippen LogP contribution in [-0.4, -0.2) is 12.8 Å². The average molecular weight is 181 g/mol. The van der Waals surface area contributed by atoms with Crippen LogP contribution in [0.1, 0.15) is 18.0 Å². The Kier molecular flexibility index (Phi) is 2.19. The average Bonchev–Trinajstić information content (AvgIpc) is 2.18. The van der Waals surface area contributed by atoms with Crippen molar-refractivity contribution in [2.75, 3.05) is 6.67 Å². The normalized spacial score (nSPS) is 26.3. The van der Waals surface area contributed by atoms with Crippen molar-refractivity contribution >= 4 is 0 Å². The van der Waals surface area contributed by atoms with E-state index in [9.17, 15) is 4.39 Å². The van der Waals surface area contributed by atoms with Crippen LogP contribution in [-0.2, 0) is 0 Å². The lowest BCUT2D eigenvalue weighted by molar-refractivity contribution is 0.129. The Labute approximate surface area is 76.5 Å². The highest BCUT2D eigenvalue weighted by atomic mass is 19.1. The van der Waals surface area contributed by atoms with Gasteiger partial charge in [0.05, 0.1) is 0 Å². The van der Waals surface area contributed by atoms with Crippen molar-refractivity contribution in [2.24, 2.45) is 5.73 Å². The van der Waals surface area contributed by atoms with E-state index in [1.165, 1.54) is 0 Å². The van der Waals surface area contributed by atoms with Crippen LogP contribution in [0.2, 0.25) is 0 Å². The first-order valence-corrected chi connectivity index (χ1v) is 4.38. The van der Waals surface area contributed by atoms with E-state index in [0.29, 0.717) is 6.42 Å². The van der Waals surface area contributed by atoms with Crippen LogP contribution < -0.4 is 10.5 Å². The minimum Gasteiger partial charge on any atom is -0.487 e. The van der Waals surface area contributed by atoms with E-state index >= 15 is 0 Å². The molecule has 0 aromatic heterocycles. The van der Waals surface area contributed by atoms with Crippen LogP contribution in [0.3, 0.4) is 0 Å². The second-order valence-corrected chi connectivity index (χ2v) is 3.27. The highest BCUT2D eigenvalue weighted by molar-refractivity contribution is 5.37. The summed E-state index contributed by atoms with van der Waals surface area (Å²) < 4.78 is 17.8. The molecule has 0 radical (unpaired) electrons. The second-order valence-electron chi connectivity index (χ2n) is 3.27. The molecule has 13 heavy (non-hydrogen) atoms. The zero-order chi connectivity index (χ0) is 9.26. The maximum absolute atomic E-state index is 12.4. The lowest BCUT2D eigenvalue weighted by Gasteiger charge is -2.28. The van der Waals surface area contributed by atoms with E-state index in [-0.39, 0.29) is 12.1 Å². The molecule has 1 aromatic carbocycles. The number of alkyl halides is 1. The van der Waals surface area contributed by atoms with Crippen molar-refractivity contribution in [1.29, 1.82) is 0 Å². The number of nitrogens with two attached hydrogens (primary N) is 1. The van der Waals surface area contributed by atoms with Gasteiger partial charge >= 0.3 is 0 Å². The van der Waals surface area contributed by atoms with Gasteiger partial charge in [0.1, 0.15) is 18.5 Å². The van der Waals surface area contributed by atoms with Gasteiger partial charge in [-0.1, -0.05) is 18.2 Å². The second kappa shape index (κ2) is 3.34. The molecule has 1 aliphatic rings. The highest BCUT2D eigenvalue weighted by Gasteiger charge is 2.24. The predicted molar refractivity (Wildman–Crippen MR) is 48.4 cm³/mol. The number of benzene rings is 1. The van der Waals surface area contributed by atoms with E-state index in [1.807, 2.05) is 24.3 Å². The minimum atomic E-state index is -0.470. The molecule has 0 saturated carbocycles. The summed E-state index contributed by atoms with van der Waals surface area (Å²) in [7, 11) is 0. The SMILES string of the molecule is NC1CC(CF)Oc2ccccc21. The van der Waals surface area contributed by atoms with E-state index in [1.54, 1.807) is 0 Å².